The number of rotatable bonds is 2. The highest BCUT2D eigenvalue weighted by molar-refractivity contribution is 7.79. The van der Waals surface area contributed by atoms with Crippen molar-refractivity contribution in [2.75, 3.05) is 13.1 Å². The summed E-state index contributed by atoms with van der Waals surface area (Å²) in [4.78, 5) is 3.99. The zero-order valence-corrected chi connectivity index (χ0v) is 8.11. The molecule has 1 rings (SSSR count). The lowest BCUT2D eigenvalue weighted by atomic mass is 10.3. The van der Waals surface area contributed by atoms with Gasteiger partial charge in [-0.3, -0.25) is 14.1 Å². The minimum atomic E-state index is -4.67. The third-order valence-corrected chi connectivity index (χ3v) is 1.20. The van der Waals surface area contributed by atoms with Crippen molar-refractivity contribution in [1.29, 1.82) is 0 Å². The van der Waals surface area contributed by atoms with Crippen molar-refractivity contribution in [3.05, 3.63) is 12.7 Å². The first-order valence-corrected chi connectivity index (χ1v) is 5.03. The van der Waals surface area contributed by atoms with Crippen LogP contribution in [0.2, 0.25) is 0 Å². The second-order valence-electron chi connectivity index (χ2n) is 2.32. The minimum Gasteiger partial charge on any atom is -0.381 e. The van der Waals surface area contributed by atoms with Crippen LogP contribution in [0.4, 0.5) is 0 Å². The van der Waals surface area contributed by atoms with Crippen molar-refractivity contribution in [3.8, 4) is 0 Å². The number of aliphatic hydroxyl groups excluding tert-OH is 1. The van der Waals surface area contributed by atoms with Gasteiger partial charge in [0.1, 0.15) is 11.9 Å². The Balaban J connectivity index is 0.000000292. The number of amidine groups is 1. The summed E-state index contributed by atoms with van der Waals surface area (Å²) in [6, 6.07) is 0. The van der Waals surface area contributed by atoms with E-state index >= 15 is 0 Å². The van der Waals surface area contributed by atoms with Gasteiger partial charge in [-0.1, -0.05) is 6.08 Å². The number of hydrogen-bond acceptors (Lipinski definition) is 5. The van der Waals surface area contributed by atoms with Gasteiger partial charge in [0.15, 0.2) is 0 Å². The Hall–Kier alpha value is -0.960. The van der Waals surface area contributed by atoms with Crippen LogP contribution < -0.4 is 5.32 Å². The number of nitrogens with zero attached hydrogens (tertiary/aromatic N) is 1. The first-order chi connectivity index (χ1) is 6.34. The third kappa shape index (κ3) is 7.68. The summed E-state index contributed by atoms with van der Waals surface area (Å²) >= 11 is 0. The van der Waals surface area contributed by atoms with Gasteiger partial charge in [0, 0.05) is 6.54 Å². The Morgan fingerprint density at radius 3 is 2.36 bits per heavy atom. The second kappa shape index (κ2) is 5.70. The highest BCUT2D eigenvalue weighted by atomic mass is 32.3. The molecular formula is C6H12N2O5S. The van der Waals surface area contributed by atoms with Gasteiger partial charge in [-0.2, -0.15) is 8.42 Å². The summed E-state index contributed by atoms with van der Waals surface area (Å²) < 4.78 is 31.6. The Kier molecular flexibility index (Phi) is 5.31. The summed E-state index contributed by atoms with van der Waals surface area (Å²) in [6.45, 7) is 5.03. The smallest absolute Gasteiger partial charge is 0.381 e. The van der Waals surface area contributed by atoms with Gasteiger partial charge in [0.2, 0.25) is 0 Å². The molecule has 8 heteroatoms. The SMILES string of the molecule is C=CC(O)C1=NCCN1.O=S(=O)(O)O. The van der Waals surface area contributed by atoms with E-state index in [1.54, 1.807) is 0 Å². The van der Waals surface area contributed by atoms with Crippen molar-refractivity contribution < 1.29 is 22.6 Å². The topological polar surface area (TPSA) is 119 Å². The molecule has 1 aliphatic rings. The van der Waals surface area contributed by atoms with Crippen LogP contribution >= 0.6 is 0 Å². The van der Waals surface area contributed by atoms with Crippen LogP contribution in [-0.2, 0) is 10.4 Å². The lowest BCUT2D eigenvalue weighted by Gasteiger charge is -2.03. The van der Waals surface area contributed by atoms with Gasteiger partial charge in [0.25, 0.3) is 0 Å². The summed E-state index contributed by atoms with van der Waals surface area (Å²) in [7, 11) is -4.67. The van der Waals surface area contributed by atoms with Gasteiger partial charge in [-0.25, -0.2) is 0 Å². The maximum Gasteiger partial charge on any atom is 0.394 e. The maximum atomic E-state index is 9.05. The van der Waals surface area contributed by atoms with Gasteiger partial charge >= 0.3 is 10.4 Å². The predicted octanol–water partition coefficient (Wildman–Crippen LogP) is -1.12. The van der Waals surface area contributed by atoms with E-state index in [0.717, 1.165) is 13.1 Å². The molecule has 4 N–H and O–H groups in total. The fraction of sp³-hybridized carbons (Fsp3) is 0.500. The molecule has 0 saturated heterocycles. The van der Waals surface area contributed by atoms with E-state index in [1.807, 2.05) is 0 Å². The Labute approximate surface area is 81.7 Å². The van der Waals surface area contributed by atoms with Crippen LogP contribution in [0.15, 0.2) is 17.6 Å². The van der Waals surface area contributed by atoms with Crippen molar-refractivity contribution >= 4 is 16.2 Å². The van der Waals surface area contributed by atoms with E-state index in [1.165, 1.54) is 6.08 Å². The normalized spacial score (nSPS) is 17.2. The summed E-state index contributed by atoms with van der Waals surface area (Å²) in [5, 5.41) is 12.0. The largest absolute Gasteiger partial charge is 0.394 e. The van der Waals surface area contributed by atoms with E-state index in [4.69, 9.17) is 22.6 Å². The molecular weight excluding hydrogens is 212 g/mol. The summed E-state index contributed by atoms with van der Waals surface area (Å²) in [6.07, 6.45) is 0.851. The molecule has 0 saturated carbocycles. The number of aliphatic hydroxyl groups is 1. The minimum absolute atomic E-state index is 0.604. The molecule has 1 unspecified atom stereocenters. The maximum absolute atomic E-state index is 9.05. The van der Waals surface area contributed by atoms with Crippen molar-refractivity contribution in [3.63, 3.8) is 0 Å². The van der Waals surface area contributed by atoms with Gasteiger partial charge < -0.3 is 10.4 Å². The van der Waals surface area contributed by atoms with Crippen molar-refractivity contribution in [2.24, 2.45) is 4.99 Å². The first kappa shape index (κ1) is 13.0. The number of hydrogen-bond donors (Lipinski definition) is 4. The predicted molar refractivity (Wildman–Crippen MR) is 50.7 cm³/mol. The molecule has 82 valence electrons. The van der Waals surface area contributed by atoms with Gasteiger partial charge in [-0.15, -0.1) is 6.58 Å². The molecule has 1 heterocycles. The van der Waals surface area contributed by atoms with Crippen molar-refractivity contribution in [1.82, 2.24) is 5.32 Å². The molecule has 0 bridgehead atoms. The Morgan fingerprint density at radius 1 is 1.57 bits per heavy atom. The van der Waals surface area contributed by atoms with E-state index in [-0.39, 0.29) is 0 Å². The van der Waals surface area contributed by atoms with Crippen LogP contribution in [-0.4, -0.2) is 47.7 Å². The van der Waals surface area contributed by atoms with E-state index in [2.05, 4.69) is 16.9 Å². The zero-order chi connectivity index (χ0) is 11.2. The van der Waals surface area contributed by atoms with Crippen LogP contribution in [0, 0.1) is 0 Å². The quantitative estimate of drug-likeness (QED) is 0.348. The molecule has 1 aliphatic heterocycles. The molecule has 14 heavy (non-hydrogen) atoms. The van der Waals surface area contributed by atoms with E-state index < -0.39 is 16.5 Å². The molecule has 0 amide bonds. The third-order valence-electron chi connectivity index (χ3n) is 1.20. The second-order valence-corrected chi connectivity index (χ2v) is 3.22. The molecule has 0 aromatic heterocycles. The first-order valence-electron chi connectivity index (χ1n) is 3.63. The average Bonchev–Trinajstić information content (AvgIpc) is 2.51. The summed E-state index contributed by atoms with van der Waals surface area (Å²) in [5.74, 6) is 0.644. The lowest BCUT2D eigenvalue weighted by molar-refractivity contribution is 0.286. The molecule has 7 nitrogen and oxygen atoms in total. The Morgan fingerprint density at radius 2 is 2.07 bits per heavy atom. The molecule has 1 atom stereocenters. The molecule has 0 aromatic rings. The Bertz CT molecular complexity index is 302. The zero-order valence-electron chi connectivity index (χ0n) is 7.29. The van der Waals surface area contributed by atoms with Crippen LogP contribution in [0.3, 0.4) is 0 Å². The highest BCUT2D eigenvalue weighted by Crippen LogP contribution is 1.92. The molecule has 0 aliphatic carbocycles. The van der Waals surface area contributed by atoms with Crippen molar-refractivity contribution in [2.45, 2.75) is 6.10 Å². The molecule has 0 aromatic carbocycles. The standard InChI is InChI=1S/C6H10N2O.H2O4S/c1-2-5(9)6-7-3-4-8-6;1-5(2,3)4/h2,5,9H,1,3-4H2,(H,7,8);(H2,1,2,3,4). The number of aliphatic imine (C=N–C) groups is 1. The fourth-order valence-electron chi connectivity index (χ4n) is 0.726. The lowest BCUT2D eigenvalue weighted by Crippen LogP contribution is -2.29. The van der Waals surface area contributed by atoms with Crippen LogP contribution in [0.25, 0.3) is 0 Å². The van der Waals surface area contributed by atoms with Crippen LogP contribution in [0.1, 0.15) is 0 Å². The molecule has 0 spiro atoms. The van der Waals surface area contributed by atoms with E-state index in [0.29, 0.717) is 5.84 Å². The number of nitrogens with one attached hydrogen (secondary N) is 1. The highest BCUT2D eigenvalue weighted by Gasteiger charge is 2.10. The average molecular weight is 224 g/mol. The van der Waals surface area contributed by atoms with Gasteiger partial charge in [0.05, 0.1) is 6.54 Å². The summed E-state index contributed by atoms with van der Waals surface area (Å²) in [5.41, 5.74) is 0. The van der Waals surface area contributed by atoms with Crippen LogP contribution in [0.5, 0.6) is 0 Å². The molecule has 0 radical (unpaired) electrons. The fourth-order valence-corrected chi connectivity index (χ4v) is 0.726. The molecule has 0 fully saturated rings. The van der Waals surface area contributed by atoms with Gasteiger partial charge in [-0.05, 0) is 0 Å². The monoisotopic (exact) mass is 224 g/mol. The van der Waals surface area contributed by atoms with E-state index in [9.17, 15) is 0 Å².